The molecule has 17 heavy (non-hydrogen) atoms. The van der Waals surface area contributed by atoms with Gasteiger partial charge in [0, 0.05) is 0 Å². The quantitative estimate of drug-likeness (QED) is 0.697. The summed E-state index contributed by atoms with van der Waals surface area (Å²) in [7, 11) is 0. The van der Waals surface area contributed by atoms with Gasteiger partial charge in [0.05, 0.1) is 0 Å². The van der Waals surface area contributed by atoms with Gasteiger partial charge in [0.1, 0.15) is 0 Å². The molecule has 0 aliphatic carbocycles. The van der Waals surface area contributed by atoms with Gasteiger partial charge in [0.15, 0.2) is 0 Å². The zero-order valence-corrected chi connectivity index (χ0v) is 12.9. The van der Waals surface area contributed by atoms with Gasteiger partial charge in [0.2, 0.25) is 0 Å². The number of hydrogen-bond acceptors (Lipinski definition) is 2. The predicted molar refractivity (Wildman–Crippen MR) is 69.8 cm³/mol. The van der Waals surface area contributed by atoms with Crippen LogP contribution in [0.5, 0.6) is 0 Å². The summed E-state index contributed by atoms with van der Waals surface area (Å²) in [5, 5.41) is 17.9. The van der Waals surface area contributed by atoms with Crippen LogP contribution in [0, 0.1) is 0 Å². The summed E-state index contributed by atoms with van der Waals surface area (Å²) in [4.78, 5) is 0. The van der Waals surface area contributed by atoms with E-state index in [-0.39, 0.29) is 13.2 Å². The molecule has 0 saturated carbocycles. The van der Waals surface area contributed by atoms with E-state index in [0.717, 1.165) is 11.1 Å². The van der Waals surface area contributed by atoms with Crippen LogP contribution in [0.25, 0.3) is 0 Å². The number of aliphatic hydroxyl groups excluding tert-OH is 2. The second-order valence-electron chi connectivity index (χ2n) is 3.76. The Morgan fingerprint density at radius 3 is 1.29 bits per heavy atom. The van der Waals surface area contributed by atoms with Crippen LogP contribution in [0.15, 0.2) is 48.5 Å². The molecular formula is C14H14BiO2+. The third-order valence-electron chi connectivity index (χ3n) is 2.50. The fraction of sp³-hybridized carbons (Fsp3) is 0.143. The van der Waals surface area contributed by atoms with E-state index in [1.807, 2.05) is 24.3 Å². The molecule has 0 fully saturated rings. The third kappa shape index (κ3) is 3.60. The molecule has 2 N–H and O–H groups in total. The first-order chi connectivity index (χ1) is 8.31. The topological polar surface area (TPSA) is 40.5 Å². The fourth-order valence-electron chi connectivity index (χ4n) is 1.50. The van der Waals surface area contributed by atoms with Crippen molar-refractivity contribution in [2.24, 2.45) is 0 Å². The molecule has 2 aromatic carbocycles. The first kappa shape index (κ1) is 12.7. The minimum atomic E-state index is -0.840. The van der Waals surface area contributed by atoms with Crippen molar-refractivity contribution in [3.8, 4) is 0 Å². The van der Waals surface area contributed by atoms with Gasteiger partial charge in [-0.15, -0.1) is 0 Å². The molecule has 2 radical (unpaired) electrons. The second kappa shape index (κ2) is 6.25. The zero-order chi connectivity index (χ0) is 12.1. The molecular weight excluding hydrogens is 409 g/mol. The van der Waals surface area contributed by atoms with Crippen LogP contribution in [0.1, 0.15) is 11.1 Å². The molecule has 0 aliphatic rings. The fourth-order valence-corrected chi connectivity index (χ4v) is 4.98. The molecule has 3 heteroatoms. The van der Waals surface area contributed by atoms with E-state index >= 15 is 0 Å². The summed E-state index contributed by atoms with van der Waals surface area (Å²) < 4.78 is 2.80. The van der Waals surface area contributed by atoms with Crippen molar-refractivity contribution in [2.75, 3.05) is 0 Å². The summed E-state index contributed by atoms with van der Waals surface area (Å²) in [6.45, 7) is 0.218. The summed E-state index contributed by atoms with van der Waals surface area (Å²) in [5.41, 5.74) is 1.93. The Kier molecular flexibility index (Phi) is 4.67. The van der Waals surface area contributed by atoms with Gasteiger partial charge >= 0.3 is 113 Å². The van der Waals surface area contributed by atoms with Crippen LogP contribution in [0.2, 0.25) is 0 Å². The predicted octanol–water partition coefficient (Wildman–Crippen LogP) is 0.326. The van der Waals surface area contributed by atoms with E-state index in [4.69, 9.17) is 10.2 Å². The maximum atomic E-state index is 8.97. The van der Waals surface area contributed by atoms with Gasteiger partial charge in [-0.3, -0.25) is 0 Å². The molecule has 0 amide bonds. The zero-order valence-electron chi connectivity index (χ0n) is 9.37. The average molecular weight is 423 g/mol. The number of benzene rings is 2. The number of aliphatic hydroxyl groups is 2. The van der Waals surface area contributed by atoms with Gasteiger partial charge < -0.3 is 0 Å². The summed E-state index contributed by atoms with van der Waals surface area (Å²) in [6, 6.07) is 16.4. The monoisotopic (exact) mass is 423 g/mol. The van der Waals surface area contributed by atoms with Crippen LogP contribution in [-0.2, 0) is 13.2 Å². The molecule has 0 bridgehead atoms. The van der Waals surface area contributed by atoms with Crippen molar-refractivity contribution in [3.05, 3.63) is 59.7 Å². The van der Waals surface area contributed by atoms with E-state index in [1.54, 1.807) is 0 Å². The second-order valence-corrected chi connectivity index (χ2v) is 8.65. The van der Waals surface area contributed by atoms with Crippen LogP contribution in [0.3, 0.4) is 0 Å². The molecule has 0 heterocycles. The molecule has 2 nitrogen and oxygen atoms in total. The Hall–Kier alpha value is -0.757. The molecule has 2 rings (SSSR count). The van der Waals surface area contributed by atoms with Gasteiger partial charge in [-0.1, -0.05) is 0 Å². The maximum absolute atomic E-state index is 8.97. The van der Waals surface area contributed by atoms with Crippen molar-refractivity contribution in [1.29, 1.82) is 0 Å². The van der Waals surface area contributed by atoms with Crippen LogP contribution in [0.4, 0.5) is 0 Å². The summed E-state index contributed by atoms with van der Waals surface area (Å²) in [5.74, 6) is 0. The van der Waals surface area contributed by atoms with E-state index < -0.39 is 23.2 Å². The molecule has 0 aliphatic heterocycles. The van der Waals surface area contributed by atoms with Crippen molar-refractivity contribution >= 4 is 29.8 Å². The Morgan fingerprint density at radius 2 is 1.00 bits per heavy atom. The van der Waals surface area contributed by atoms with Crippen LogP contribution in [-0.4, -0.2) is 33.4 Å². The van der Waals surface area contributed by atoms with Crippen LogP contribution < -0.4 is 6.54 Å². The Labute approximate surface area is 113 Å². The standard InChI is InChI=1S/2C7H7O.Bi/c2*8-6-7-4-2-1-3-5-7;/h2*2-5,8H,6H2;/q;;+1. The van der Waals surface area contributed by atoms with E-state index in [9.17, 15) is 0 Å². The summed E-state index contributed by atoms with van der Waals surface area (Å²) in [6.07, 6.45) is 0. The molecule has 0 spiro atoms. The van der Waals surface area contributed by atoms with Crippen LogP contribution >= 0.6 is 0 Å². The van der Waals surface area contributed by atoms with Crippen molar-refractivity contribution in [3.63, 3.8) is 0 Å². The van der Waals surface area contributed by atoms with Crippen molar-refractivity contribution < 1.29 is 10.2 Å². The van der Waals surface area contributed by atoms with Gasteiger partial charge in [-0.2, -0.15) is 0 Å². The Morgan fingerprint density at radius 1 is 0.647 bits per heavy atom. The molecule has 0 aromatic heterocycles. The molecule has 0 atom stereocenters. The van der Waals surface area contributed by atoms with Gasteiger partial charge in [-0.25, -0.2) is 0 Å². The summed E-state index contributed by atoms with van der Waals surface area (Å²) >= 11 is -0.840. The van der Waals surface area contributed by atoms with Gasteiger partial charge in [0.25, 0.3) is 0 Å². The first-order valence-corrected chi connectivity index (χ1v) is 8.91. The minimum absolute atomic E-state index is 0.109. The average Bonchev–Trinajstić information content (AvgIpc) is 2.40. The molecule has 2 aromatic rings. The number of rotatable bonds is 4. The van der Waals surface area contributed by atoms with E-state index in [2.05, 4.69) is 24.3 Å². The van der Waals surface area contributed by atoms with E-state index in [0.29, 0.717) is 0 Å². The third-order valence-corrected chi connectivity index (χ3v) is 6.82. The molecule has 0 unspecified atom stereocenters. The van der Waals surface area contributed by atoms with Crippen molar-refractivity contribution in [2.45, 2.75) is 13.2 Å². The Bertz CT molecular complexity index is 417. The molecule has 0 saturated heterocycles. The van der Waals surface area contributed by atoms with E-state index in [1.165, 1.54) is 6.54 Å². The molecule has 86 valence electrons. The Balaban J connectivity index is 2.08. The normalized spacial score (nSPS) is 10.5. The van der Waals surface area contributed by atoms with Crippen molar-refractivity contribution in [1.82, 2.24) is 0 Å². The van der Waals surface area contributed by atoms with Gasteiger partial charge in [-0.05, 0) is 0 Å². The SMILES string of the molecule is OCc1cc[c]([Bi+][c]2ccc(CO)cc2)cc1. The first-order valence-electron chi connectivity index (χ1n) is 5.43. The number of hydrogen-bond donors (Lipinski definition) is 2.